The fraction of sp³-hybridized carbons (Fsp3) is 0.588. The summed E-state index contributed by atoms with van der Waals surface area (Å²) in [4.78, 5) is 30.3. The molecule has 2 amide bonds. The van der Waals surface area contributed by atoms with Crippen molar-refractivity contribution in [3.63, 3.8) is 0 Å². The van der Waals surface area contributed by atoms with Crippen LogP contribution >= 0.6 is 0 Å². The molecule has 1 atom stereocenters. The van der Waals surface area contributed by atoms with E-state index in [1.54, 1.807) is 17.2 Å². The number of likely N-dealkylation sites (tertiary alicyclic amines) is 1. The number of rotatable bonds is 2. The molecule has 0 saturated carbocycles. The van der Waals surface area contributed by atoms with Gasteiger partial charge in [-0.15, -0.1) is 0 Å². The van der Waals surface area contributed by atoms with Gasteiger partial charge >= 0.3 is 12.0 Å². The summed E-state index contributed by atoms with van der Waals surface area (Å²) in [5.74, 6) is -0.484. The summed E-state index contributed by atoms with van der Waals surface area (Å²) in [6, 6.07) is 3.37. The summed E-state index contributed by atoms with van der Waals surface area (Å²) in [6.45, 7) is 8.47. The van der Waals surface area contributed by atoms with Gasteiger partial charge in [-0.05, 0) is 52.7 Å². The van der Waals surface area contributed by atoms with Crippen molar-refractivity contribution in [2.45, 2.75) is 46.1 Å². The highest BCUT2D eigenvalue weighted by Crippen LogP contribution is 2.21. The van der Waals surface area contributed by atoms with Crippen LogP contribution in [-0.2, 0) is 9.53 Å². The number of nitrogens with zero attached hydrogens (tertiary/aromatic N) is 2. The summed E-state index contributed by atoms with van der Waals surface area (Å²) in [7, 11) is 0. The van der Waals surface area contributed by atoms with Gasteiger partial charge in [-0.1, -0.05) is 0 Å². The van der Waals surface area contributed by atoms with Crippen LogP contribution in [-0.4, -0.2) is 40.6 Å². The van der Waals surface area contributed by atoms with Crippen molar-refractivity contribution in [3.05, 3.63) is 24.0 Å². The van der Waals surface area contributed by atoms with Crippen molar-refractivity contribution in [3.8, 4) is 0 Å². The lowest BCUT2D eigenvalue weighted by atomic mass is 9.98. The summed E-state index contributed by atoms with van der Waals surface area (Å²) in [6.07, 6.45) is 3.21. The van der Waals surface area contributed by atoms with E-state index in [9.17, 15) is 9.59 Å². The zero-order valence-corrected chi connectivity index (χ0v) is 14.3. The first-order valence-electron chi connectivity index (χ1n) is 7.96. The van der Waals surface area contributed by atoms with Crippen molar-refractivity contribution in [2.75, 3.05) is 18.4 Å². The molecule has 0 radical (unpaired) electrons. The molecule has 6 nitrogen and oxygen atoms in total. The largest absolute Gasteiger partial charge is 0.460 e. The Bertz CT molecular complexity index is 581. The Kier molecular flexibility index (Phi) is 5.23. The number of nitrogens with one attached hydrogen (secondary N) is 1. The molecule has 1 aliphatic rings. The quantitative estimate of drug-likeness (QED) is 0.851. The SMILES string of the molecule is Cc1cc(NC(=O)N2CCC[C@@H](C(=O)OC(C)(C)C)C2)ccn1. The van der Waals surface area contributed by atoms with Crippen LogP contribution in [0, 0.1) is 12.8 Å². The van der Waals surface area contributed by atoms with Crippen molar-refractivity contribution >= 4 is 17.7 Å². The summed E-state index contributed by atoms with van der Waals surface area (Å²) >= 11 is 0. The third-order valence-corrected chi connectivity index (χ3v) is 3.60. The van der Waals surface area contributed by atoms with Gasteiger partial charge in [0.1, 0.15) is 5.60 Å². The molecule has 23 heavy (non-hydrogen) atoms. The van der Waals surface area contributed by atoms with Crippen molar-refractivity contribution in [1.82, 2.24) is 9.88 Å². The fourth-order valence-electron chi connectivity index (χ4n) is 2.56. The molecular weight excluding hydrogens is 294 g/mol. The molecule has 1 saturated heterocycles. The number of carbonyl (C=O) groups is 2. The highest BCUT2D eigenvalue weighted by atomic mass is 16.6. The van der Waals surface area contributed by atoms with E-state index < -0.39 is 5.60 Å². The minimum atomic E-state index is -0.504. The lowest BCUT2D eigenvalue weighted by molar-refractivity contribution is -0.161. The van der Waals surface area contributed by atoms with E-state index in [1.165, 1.54) is 0 Å². The Morgan fingerprint density at radius 2 is 2.13 bits per heavy atom. The van der Waals surface area contributed by atoms with E-state index in [0.717, 1.165) is 18.5 Å². The summed E-state index contributed by atoms with van der Waals surface area (Å²) < 4.78 is 5.43. The smallest absolute Gasteiger partial charge is 0.321 e. The van der Waals surface area contributed by atoms with Gasteiger partial charge in [0.25, 0.3) is 0 Å². The first-order valence-corrected chi connectivity index (χ1v) is 7.96. The standard InChI is InChI=1S/C17H25N3O3/c1-12-10-14(7-8-18-12)19-16(22)20-9-5-6-13(11-20)15(21)23-17(2,3)4/h7-8,10,13H,5-6,9,11H2,1-4H3,(H,18,19,22)/t13-/m1/s1. The van der Waals surface area contributed by atoms with Gasteiger partial charge in [0.15, 0.2) is 0 Å². The number of piperidine rings is 1. The van der Waals surface area contributed by atoms with E-state index in [2.05, 4.69) is 10.3 Å². The van der Waals surface area contributed by atoms with Gasteiger partial charge in [0.2, 0.25) is 0 Å². The van der Waals surface area contributed by atoms with E-state index in [4.69, 9.17) is 4.74 Å². The van der Waals surface area contributed by atoms with Gasteiger partial charge < -0.3 is 15.0 Å². The molecule has 1 fully saturated rings. The lowest BCUT2D eigenvalue weighted by Gasteiger charge is -2.33. The number of anilines is 1. The maximum absolute atomic E-state index is 12.4. The lowest BCUT2D eigenvalue weighted by Crippen LogP contribution is -2.45. The van der Waals surface area contributed by atoms with Gasteiger partial charge in [-0.25, -0.2) is 4.79 Å². The maximum Gasteiger partial charge on any atom is 0.321 e. The van der Waals surface area contributed by atoms with E-state index >= 15 is 0 Å². The molecule has 0 aromatic carbocycles. The Balaban J connectivity index is 1.95. The molecule has 2 heterocycles. The average molecular weight is 319 g/mol. The summed E-state index contributed by atoms with van der Waals surface area (Å²) in [5.41, 5.74) is 1.05. The summed E-state index contributed by atoms with van der Waals surface area (Å²) in [5, 5.41) is 2.86. The van der Waals surface area contributed by atoms with Crippen molar-refractivity contribution < 1.29 is 14.3 Å². The van der Waals surface area contributed by atoms with Gasteiger partial charge in [0.05, 0.1) is 5.92 Å². The fourth-order valence-corrected chi connectivity index (χ4v) is 2.56. The van der Waals surface area contributed by atoms with Crippen LogP contribution in [0.1, 0.15) is 39.3 Å². The van der Waals surface area contributed by atoms with E-state index in [-0.39, 0.29) is 17.9 Å². The van der Waals surface area contributed by atoms with E-state index in [0.29, 0.717) is 18.8 Å². The normalized spacial score (nSPS) is 18.4. The number of hydrogen-bond acceptors (Lipinski definition) is 4. The number of ether oxygens (including phenoxy) is 1. The number of aromatic nitrogens is 1. The zero-order chi connectivity index (χ0) is 17.0. The number of pyridine rings is 1. The van der Waals surface area contributed by atoms with Crippen LogP contribution in [0.5, 0.6) is 0 Å². The van der Waals surface area contributed by atoms with Crippen LogP contribution in [0.25, 0.3) is 0 Å². The first-order chi connectivity index (χ1) is 10.7. The minimum Gasteiger partial charge on any atom is -0.460 e. The molecule has 1 aromatic rings. The number of hydrogen-bond donors (Lipinski definition) is 1. The predicted molar refractivity (Wildman–Crippen MR) is 88.1 cm³/mol. The predicted octanol–water partition coefficient (Wildman–Crippen LogP) is 2.98. The average Bonchev–Trinajstić information content (AvgIpc) is 2.45. The van der Waals surface area contributed by atoms with Crippen LogP contribution in [0.15, 0.2) is 18.3 Å². The third-order valence-electron chi connectivity index (χ3n) is 3.60. The van der Waals surface area contributed by atoms with Gasteiger partial charge in [-0.2, -0.15) is 0 Å². The van der Waals surface area contributed by atoms with Crippen molar-refractivity contribution in [1.29, 1.82) is 0 Å². The number of esters is 1. The molecule has 1 aromatic heterocycles. The van der Waals surface area contributed by atoms with Crippen LogP contribution in [0.4, 0.5) is 10.5 Å². The second-order valence-electron chi connectivity index (χ2n) is 6.93. The minimum absolute atomic E-state index is 0.191. The Hall–Kier alpha value is -2.11. The number of amides is 2. The Morgan fingerprint density at radius 3 is 2.78 bits per heavy atom. The molecule has 6 heteroatoms. The topological polar surface area (TPSA) is 71.5 Å². The van der Waals surface area contributed by atoms with Crippen LogP contribution in [0.2, 0.25) is 0 Å². The first kappa shape index (κ1) is 17.2. The molecule has 0 aliphatic carbocycles. The molecule has 0 bridgehead atoms. The molecule has 126 valence electrons. The van der Waals surface area contributed by atoms with Crippen LogP contribution < -0.4 is 5.32 Å². The second kappa shape index (κ2) is 6.98. The monoisotopic (exact) mass is 319 g/mol. The third kappa shape index (κ3) is 5.23. The molecule has 1 N–H and O–H groups in total. The zero-order valence-electron chi connectivity index (χ0n) is 14.3. The van der Waals surface area contributed by atoms with E-state index in [1.807, 2.05) is 33.8 Å². The van der Waals surface area contributed by atoms with Gasteiger partial charge in [-0.3, -0.25) is 9.78 Å². The molecule has 2 rings (SSSR count). The number of aryl methyl sites for hydroxylation is 1. The molecule has 1 aliphatic heterocycles. The maximum atomic E-state index is 12.4. The highest BCUT2D eigenvalue weighted by molar-refractivity contribution is 5.89. The molecular formula is C17H25N3O3. The van der Waals surface area contributed by atoms with Crippen LogP contribution in [0.3, 0.4) is 0 Å². The highest BCUT2D eigenvalue weighted by Gasteiger charge is 2.31. The molecule has 0 unspecified atom stereocenters. The Morgan fingerprint density at radius 1 is 1.39 bits per heavy atom. The van der Waals surface area contributed by atoms with Gasteiger partial charge in [0, 0.05) is 30.7 Å². The number of urea groups is 1. The number of carbonyl (C=O) groups excluding carboxylic acids is 2. The Labute approximate surface area is 137 Å². The molecule has 0 spiro atoms. The van der Waals surface area contributed by atoms with Crippen molar-refractivity contribution in [2.24, 2.45) is 5.92 Å². The second-order valence-corrected chi connectivity index (χ2v) is 6.93.